The Hall–Kier alpha value is -2.64. The molecular formula is C22H23N3O3S. The van der Waals surface area contributed by atoms with Crippen molar-refractivity contribution in [2.75, 3.05) is 18.9 Å². The maximum atomic E-state index is 13.1. The van der Waals surface area contributed by atoms with Crippen molar-refractivity contribution in [3.8, 4) is 0 Å². The van der Waals surface area contributed by atoms with E-state index in [0.29, 0.717) is 29.1 Å². The number of benzene rings is 2. The Morgan fingerprint density at radius 1 is 1.17 bits per heavy atom. The Bertz CT molecular complexity index is 1050. The van der Waals surface area contributed by atoms with Crippen LogP contribution in [0.2, 0.25) is 0 Å². The molecule has 1 aromatic heterocycles. The van der Waals surface area contributed by atoms with E-state index in [1.165, 1.54) is 11.8 Å². The van der Waals surface area contributed by atoms with Crippen LogP contribution < -0.4 is 10.9 Å². The lowest BCUT2D eigenvalue weighted by Crippen LogP contribution is -2.33. The van der Waals surface area contributed by atoms with Crippen LogP contribution in [0.4, 0.5) is 0 Å². The number of hydrogen-bond donors (Lipinski definition) is 1. The van der Waals surface area contributed by atoms with Crippen LogP contribution in [0, 0.1) is 0 Å². The van der Waals surface area contributed by atoms with Gasteiger partial charge in [0, 0.05) is 13.2 Å². The van der Waals surface area contributed by atoms with Gasteiger partial charge in [-0.25, -0.2) is 4.98 Å². The quantitative estimate of drug-likeness (QED) is 0.480. The molecule has 1 atom stereocenters. The molecular weight excluding hydrogens is 386 g/mol. The first-order valence-corrected chi connectivity index (χ1v) is 10.7. The van der Waals surface area contributed by atoms with Crippen molar-refractivity contribution < 1.29 is 9.53 Å². The molecule has 1 fully saturated rings. The standard InChI is InChI=1S/C22H23N3O3S/c26-20(23-13-17-9-6-12-28-17)15-29-22-24-19-11-5-4-10-18(19)21(27)25(22)14-16-7-2-1-3-8-16/h1-5,7-8,10-11,17H,6,9,12-15H2,(H,23,26)/t17-/m0/s1. The minimum Gasteiger partial charge on any atom is -0.376 e. The minimum absolute atomic E-state index is 0.0841. The average Bonchev–Trinajstić information content (AvgIpc) is 3.27. The lowest BCUT2D eigenvalue weighted by molar-refractivity contribution is -0.119. The third kappa shape index (κ3) is 4.86. The maximum absolute atomic E-state index is 13.1. The summed E-state index contributed by atoms with van der Waals surface area (Å²) in [7, 11) is 0. The molecule has 0 unspecified atom stereocenters. The molecule has 3 aromatic rings. The topological polar surface area (TPSA) is 73.2 Å². The summed E-state index contributed by atoms with van der Waals surface area (Å²) in [5, 5.41) is 4.04. The van der Waals surface area contributed by atoms with E-state index in [1.54, 1.807) is 10.6 Å². The predicted octanol–water partition coefficient (Wildman–Crippen LogP) is 2.83. The highest BCUT2D eigenvalue weighted by Crippen LogP contribution is 2.19. The molecule has 1 saturated heterocycles. The number of thioether (sulfide) groups is 1. The van der Waals surface area contributed by atoms with Crippen LogP contribution in [0.1, 0.15) is 18.4 Å². The van der Waals surface area contributed by atoms with Crippen LogP contribution in [-0.2, 0) is 16.1 Å². The van der Waals surface area contributed by atoms with Gasteiger partial charge in [0.15, 0.2) is 5.16 Å². The largest absolute Gasteiger partial charge is 0.376 e. The number of nitrogens with zero attached hydrogens (tertiary/aromatic N) is 2. The summed E-state index contributed by atoms with van der Waals surface area (Å²) in [5.41, 5.74) is 1.56. The Morgan fingerprint density at radius 3 is 2.76 bits per heavy atom. The second kappa shape index (κ2) is 9.24. The Kier molecular flexibility index (Phi) is 6.27. The van der Waals surface area contributed by atoms with Crippen molar-refractivity contribution in [3.05, 3.63) is 70.5 Å². The third-order valence-electron chi connectivity index (χ3n) is 4.89. The van der Waals surface area contributed by atoms with Crippen LogP contribution >= 0.6 is 11.8 Å². The van der Waals surface area contributed by atoms with Crippen molar-refractivity contribution in [1.82, 2.24) is 14.9 Å². The normalized spacial score (nSPS) is 16.2. The highest BCUT2D eigenvalue weighted by atomic mass is 32.2. The molecule has 2 aromatic carbocycles. The van der Waals surface area contributed by atoms with Crippen LogP contribution in [0.25, 0.3) is 10.9 Å². The molecule has 0 spiro atoms. The first-order valence-electron chi connectivity index (χ1n) is 9.75. The molecule has 2 heterocycles. The Morgan fingerprint density at radius 2 is 1.97 bits per heavy atom. The van der Waals surface area contributed by atoms with Gasteiger partial charge in [-0.3, -0.25) is 14.2 Å². The highest BCUT2D eigenvalue weighted by molar-refractivity contribution is 7.99. The lowest BCUT2D eigenvalue weighted by atomic mass is 10.2. The molecule has 0 aliphatic carbocycles. The molecule has 1 amide bonds. The van der Waals surface area contributed by atoms with Crippen LogP contribution in [0.3, 0.4) is 0 Å². The lowest BCUT2D eigenvalue weighted by Gasteiger charge is -2.14. The maximum Gasteiger partial charge on any atom is 0.262 e. The van der Waals surface area contributed by atoms with Crippen LogP contribution in [0.15, 0.2) is 64.5 Å². The first kappa shape index (κ1) is 19.7. The van der Waals surface area contributed by atoms with E-state index in [2.05, 4.69) is 10.3 Å². The number of ether oxygens (including phenoxy) is 1. The van der Waals surface area contributed by atoms with E-state index >= 15 is 0 Å². The van der Waals surface area contributed by atoms with Gasteiger partial charge in [0.1, 0.15) is 0 Å². The zero-order chi connectivity index (χ0) is 20.1. The van der Waals surface area contributed by atoms with Gasteiger partial charge >= 0.3 is 0 Å². The van der Waals surface area contributed by atoms with Gasteiger partial charge in [0.05, 0.1) is 29.3 Å². The third-order valence-corrected chi connectivity index (χ3v) is 5.87. The van der Waals surface area contributed by atoms with E-state index < -0.39 is 0 Å². The van der Waals surface area contributed by atoms with Gasteiger partial charge in [0.2, 0.25) is 5.91 Å². The Labute approximate surface area is 173 Å². The highest BCUT2D eigenvalue weighted by Gasteiger charge is 2.17. The number of carbonyl (C=O) groups excluding carboxylic acids is 1. The summed E-state index contributed by atoms with van der Waals surface area (Å²) >= 11 is 1.28. The van der Waals surface area contributed by atoms with Crippen molar-refractivity contribution in [3.63, 3.8) is 0 Å². The second-order valence-electron chi connectivity index (χ2n) is 7.02. The summed E-state index contributed by atoms with van der Waals surface area (Å²) < 4.78 is 7.18. The number of aromatic nitrogens is 2. The fourth-order valence-electron chi connectivity index (χ4n) is 3.38. The van der Waals surface area contributed by atoms with Crippen molar-refractivity contribution in [2.24, 2.45) is 0 Å². The summed E-state index contributed by atoms with van der Waals surface area (Å²) in [6, 6.07) is 17.1. The number of fused-ring (bicyclic) bond motifs is 1. The van der Waals surface area contributed by atoms with E-state index in [9.17, 15) is 9.59 Å². The summed E-state index contributed by atoms with van der Waals surface area (Å²) in [6.45, 7) is 1.71. The van der Waals surface area contributed by atoms with Crippen LogP contribution in [0.5, 0.6) is 0 Å². The summed E-state index contributed by atoms with van der Waals surface area (Å²) in [6.07, 6.45) is 2.14. The number of para-hydroxylation sites is 1. The average molecular weight is 410 g/mol. The molecule has 6 nitrogen and oxygen atoms in total. The van der Waals surface area contributed by atoms with E-state index in [1.807, 2.05) is 48.5 Å². The zero-order valence-corrected chi connectivity index (χ0v) is 16.9. The molecule has 29 heavy (non-hydrogen) atoms. The second-order valence-corrected chi connectivity index (χ2v) is 7.96. The number of rotatable bonds is 7. The zero-order valence-electron chi connectivity index (χ0n) is 16.0. The monoisotopic (exact) mass is 409 g/mol. The molecule has 0 bridgehead atoms. The first-order chi connectivity index (χ1) is 14.2. The minimum atomic E-state index is -0.0956. The number of nitrogens with one attached hydrogen (secondary N) is 1. The van der Waals surface area contributed by atoms with E-state index in [4.69, 9.17) is 4.74 Å². The van der Waals surface area contributed by atoms with Crippen LogP contribution in [-0.4, -0.2) is 40.5 Å². The molecule has 4 rings (SSSR count). The molecule has 0 radical (unpaired) electrons. The van der Waals surface area contributed by atoms with Crippen molar-refractivity contribution in [1.29, 1.82) is 0 Å². The summed E-state index contributed by atoms with van der Waals surface area (Å²) in [5.74, 6) is 0.117. The van der Waals surface area contributed by atoms with Gasteiger partial charge in [-0.2, -0.15) is 0 Å². The van der Waals surface area contributed by atoms with Gasteiger partial charge < -0.3 is 10.1 Å². The van der Waals surface area contributed by atoms with E-state index in [-0.39, 0.29) is 23.3 Å². The SMILES string of the molecule is O=C(CSc1nc2ccccc2c(=O)n1Cc1ccccc1)NC[C@@H]1CCCO1. The van der Waals surface area contributed by atoms with E-state index in [0.717, 1.165) is 25.0 Å². The number of carbonyl (C=O) groups is 1. The number of hydrogen-bond acceptors (Lipinski definition) is 5. The fourth-order valence-corrected chi connectivity index (χ4v) is 4.21. The molecule has 1 aliphatic heterocycles. The number of amides is 1. The smallest absolute Gasteiger partial charge is 0.262 e. The fraction of sp³-hybridized carbons (Fsp3) is 0.318. The predicted molar refractivity (Wildman–Crippen MR) is 114 cm³/mol. The molecule has 150 valence electrons. The van der Waals surface area contributed by atoms with Crippen molar-refractivity contribution >= 4 is 28.6 Å². The van der Waals surface area contributed by atoms with Gasteiger partial charge in [0.25, 0.3) is 5.56 Å². The summed E-state index contributed by atoms with van der Waals surface area (Å²) in [4.78, 5) is 30.0. The molecule has 7 heteroatoms. The Balaban J connectivity index is 1.54. The van der Waals surface area contributed by atoms with Gasteiger partial charge in [-0.1, -0.05) is 54.2 Å². The molecule has 1 N–H and O–H groups in total. The molecule has 1 aliphatic rings. The van der Waals surface area contributed by atoms with Gasteiger partial charge in [-0.05, 0) is 30.5 Å². The van der Waals surface area contributed by atoms with Crippen molar-refractivity contribution in [2.45, 2.75) is 30.6 Å². The molecule has 0 saturated carbocycles. The van der Waals surface area contributed by atoms with Gasteiger partial charge in [-0.15, -0.1) is 0 Å².